The molecule has 4 nitrogen and oxygen atoms in total. The van der Waals surface area contributed by atoms with Crippen molar-refractivity contribution in [2.45, 2.75) is 11.1 Å². The lowest BCUT2D eigenvalue weighted by atomic mass is 10.2. The number of sulfonamides is 1. The molecule has 0 unspecified atom stereocenters. The van der Waals surface area contributed by atoms with Gasteiger partial charge >= 0.3 is 6.18 Å². The topological polar surface area (TPSA) is 72.2 Å². The van der Waals surface area contributed by atoms with Crippen molar-refractivity contribution in [2.24, 2.45) is 0 Å². The fourth-order valence-electron chi connectivity index (χ4n) is 1.65. The average Bonchev–Trinajstić information content (AvgIpc) is 2.37. The highest BCUT2D eigenvalue weighted by Gasteiger charge is 2.30. The summed E-state index contributed by atoms with van der Waals surface area (Å²) in [5, 5.41) is 0. The molecule has 0 aliphatic carbocycles. The Balaban J connectivity index is 2.33. The van der Waals surface area contributed by atoms with Gasteiger partial charge in [0.25, 0.3) is 10.0 Å². The molecule has 112 valence electrons. The van der Waals surface area contributed by atoms with Crippen molar-refractivity contribution in [3.05, 3.63) is 54.1 Å². The van der Waals surface area contributed by atoms with E-state index in [1.54, 1.807) is 0 Å². The number of halogens is 3. The number of rotatable bonds is 3. The van der Waals surface area contributed by atoms with E-state index in [0.29, 0.717) is 0 Å². The first-order valence-corrected chi connectivity index (χ1v) is 7.22. The first-order valence-electron chi connectivity index (χ1n) is 5.74. The molecular formula is C13H11F3N2O2S. The zero-order valence-corrected chi connectivity index (χ0v) is 11.4. The van der Waals surface area contributed by atoms with Crippen molar-refractivity contribution in [1.29, 1.82) is 0 Å². The van der Waals surface area contributed by atoms with Gasteiger partial charge in [-0.05, 0) is 36.4 Å². The Morgan fingerprint density at radius 1 is 1.00 bits per heavy atom. The normalized spacial score (nSPS) is 12.1. The number of benzene rings is 2. The Labute approximate surface area is 119 Å². The van der Waals surface area contributed by atoms with Crippen LogP contribution in [0, 0.1) is 0 Å². The zero-order valence-electron chi connectivity index (χ0n) is 10.6. The van der Waals surface area contributed by atoms with E-state index in [1.807, 2.05) is 0 Å². The first-order chi connectivity index (χ1) is 9.68. The highest BCUT2D eigenvalue weighted by atomic mass is 32.2. The highest BCUT2D eigenvalue weighted by molar-refractivity contribution is 7.92. The molecule has 0 fully saturated rings. The summed E-state index contributed by atoms with van der Waals surface area (Å²) in [6.07, 6.45) is -4.54. The van der Waals surface area contributed by atoms with Crippen molar-refractivity contribution in [1.82, 2.24) is 0 Å². The largest absolute Gasteiger partial charge is 0.416 e. The van der Waals surface area contributed by atoms with Gasteiger partial charge in [0.15, 0.2) is 0 Å². The minimum Gasteiger partial charge on any atom is -0.399 e. The summed E-state index contributed by atoms with van der Waals surface area (Å²) in [6, 6.07) is 9.41. The summed E-state index contributed by atoms with van der Waals surface area (Å²) in [6.45, 7) is 0. The first kappa shape index (κ1) is 15.2. The van der Waals surface area contributed by atoms with Gasteiger partial charge in [-0.3, -0.25) is 4.72 Å². The fraction of sp³-hybridized carbons (Fsp3) is 0.0769. The quantitative estimate of drug-likeness (QED) is 0.855. The van der Waals surface area contributed by atoms with Gasteiger partial charge in [0.1, 0.15) is 0 Å². The van der Waals surface area contributed by atoms with E-state index in [0.717, 1.165) is 18.2 Å². The van der Waals surface area contributed by atoms with Gasteiger partial charge in [-0.15, -0.1) is 0 Å². The number of nitrogens with one attached hydrogen (secondary N) is 1. The van der Waals surface area contributed by atoms with Crippen molar-refractivity contribution in [2.75, 3.05) is 10.5 Å². The van der Waals surface area contributed by atoms with Gasteiger partial charge in [0, 0.05) is 11.4 Å². The van der Waals surface area contributed by atoms with Gasteiger partial charge in [0.05, 0.1) is 10.5 Å². The Morgan fingerprint density at radius 3 is 2.29 bits per heavy atom. The molecule has 0 heterocycles. The molecule has 2 rings (SSSR count). The predicted molar refractivity (Wildman–Crippen MR) is 73.1 cm³/mol. The molecule has 0 spiro atoms. The molecular weight excluding hydrogens is 305 g/mol. The van der Waals surface area contributed by atoms with Crippen molar-refractivity contribution < 1.29 is 21.6 Å². The molecule has 2 aromatic carbocycles. The number of hydrogen-bond donors (Lipinski definition) is 2. The number of nitrogens with two attached hydrogens (primary N) is 1. The predicted octanol–water partition coefficient (Wildman–Crippen LogP) is 3.09. The van der Waals surface area contributed by atoms with E-state index < -0.39 is 21.8 Å². The van der Waals surface area contributed by atoms with Gasteiger partial charge < -0.3 is 5.73 Å². The van der Waals surface area contributed by atoms with Crippen LogP contribution in [0.3, 0.4) is 0 Å². The highest BCUT2D eigenvalue weighted by Crippen LogP contribution is 2.31. The number of alkyl halides is 3. The molecule has 21 heavy (non-hydrogen) atoms. The third kappa shape index (κ3) is 3.66. The van der Waals surface area contributed by atoms with Crippen LogP contribution < -0.4 is 10.5 Å². The van der Waals surface area contributed by atoms with Crippen LogP contribution >= 0.6 is 0 Å². The summed E-state index contributed by atoms with van der Waals surface area (Å²) in [5.74, 6) is 0. The van der Waals surface area contributed by atoms with E-state index >= 15 is 0 Å². The third-order valence-electron chi connectivity index (χ3n) is 2.61. The smallest absolute Gasteiger partial charge is 0.399 e. The lowest BCUT2D eigenvalue weighted by molar-refractivity contribution is -0.137. The van der Waals surface area contributed by atoms with Crippen molar-refractivity contribution in [3.8, 4) is 0 Å². The van der Waals surface area contributed by atoms with Gasteiger partial charge in [-0.2, -0.15) is 13.2 Å². The maximum absolute atomic E-state index is 12.6. The van der Waals surface area contributed by atoms with E-state index in [4.69, 9.17) is 5.73 Å². The number of nitrogen functional groups attached to an aromatic ring is 1. The van der Waals surface area contributed by atoms with Crippen molar-refractivity contribution in [3.63, 3.8) is 0 Å². The zero-order chi connectivity index (χ0) is 15.7. The SMILES string of the molecule is Nc1cccc(S(=O)(=O)Nc2cccc(C(F)(F)F)c2)c1. The maximum atomic E-state index is 12.6. The van der Waals surface area contributed by atoms with Crippen LogP contribution in [-0.4, -0.2) is 8.42 Å². The molecule has 0 aromatic heterocycles. The minimum absolute atomic E-state index is 0.125. The van der Waals surface area contributed by atoms with Crippen LogP contribution in [0.15, 0.2) is 53.4 Å². The average molecular weight is 316 g/mol. The van der Waals surface area contributed by atoms with Crippen LogP contribution in [0.4, 0.5) is 24.5 Å². The molecule has 0 aliphatic rings. The molecule has 0 saturated carbocycles. The van der Waals surface area contributed by atoms with Gasteiger partial charge in [0.2, 0.25) is 0 Å². The Morgan fingerprint density at radius 2 is 1.67 bits per heavy atom. The third-order valence-corrected chi connectivity index (χ3v) is 3.99. The van der Waals surface area contributed by atoms with E-state index in [2.05, 4.69) is 4.72 Å². The standard InChI is InChI=1S/C13H11F3N2O2S/c14-13(15,16)9-3-1-5-11(7-9)18-21(19,20)12-6-2-4-10(17)8-12/h1-8,18H,17H2. The maximum Gasteiger partial charge on any atom is 0.416 e. The monoisotopic (exact) mass is 316 g/mol. The van der Waals surface area contributed by atoms with Crippen LogP contribution in [0.1, 0.15) is 5.56 Å². The summed E-state index contributed by atoms with van der Waals surface area (Å²) in [7, 11) is -4.00. The summed E-state index contributed by atoms with van der Waals surface area (Å²) >= 11 is 0. The molecule has 0 amide bonds. The Bertz CT molecular complexity index is 758. The molecule has 0 aliphatic heterocycles. The molecule has 0 radical (unpaired) electrons. The van der Waals surface area contributed by atoms with Gasteiger partial charge in [-0.1, -0.05) is 12.1 Å². The van der Waals surface area contributed by atoms with E-state index in [9.17, 15) is 21.6 Å². The summed E-state index contributed by atoms with van der Waals surface area (Å²) < 4.78 is 64.0. The van der Waals surface area contributed by atoms with Crippen LogP contribution in [0.25, 0.3) is 0 Å². The molecule has 0 atom stereocenters. The lowest BCUT2D eigenvalue weighted by Gasteiger charge is -2.11. The van der Waals surface area contributed by atoms with Crippen LogP contribution in [-0.2, 0) is 16.2 Å². The number of anilines is 2. The molecule has 2 aromatic rings. The molecule has 8 heteroatoms. The Hall–Kier alpha value is -2.22. The Kier molecular flexibility index (Phi) is 3.82. The lowest BCUT2D eigenvalue weighted by Crippen LogP contribution is -2.14. The second-order valence-electron chi connectivity index (χ2n) is 4.26. The second-order valence-corrected chi connectivity index (χ2v) is 5.94. The number of hydrogen-bond acceptors (Lipinski definition) is 3. The van der Waals surface area contributed by atoms with Crippen molar-refractivity contribution >= 4 is 21.4 Å². The molecule has 0 bridgehead atoms. The minimum atomic E-state index is -4.54. The fourth-order valence-corrected chi connectivity index (χ4v) is 2.76. The molecule has 3 N–H and O–H groups in total. The van der Waals surface area contributed by atoms with E-state index in [1.165, 1.54) is 30.3 Å². The van der Waals surface area contributed by atoms with Crippen LogP contribution in [0.5, 0.6) is 0 Å². The molecule has 0 saturated heterocycles. The van der Waals surface area contributed by atoms with E-state index in [-0.39, 0.29) is 16.3 Å². The second kappa shape index (κ2) is 5.28. The summed E-state index contributed by atoms with van der Waals surface area (Å²) in [5.41, 5.74) is 4.62. The van der Waals surface area contributed by atoms with Gasteiger partial charge in [-0.25, -0.2) is 8.42 Å². The summed E-state index contributed by atoms with van der Waals surface area (Å²) in [4.78, 5) is -0.125. The van der Waals surface area contributed by atoms with Crippen LogP contribution in [0.2, 0.25) is 0 Å².